The van der Waals surface area contributed by atoms with E-state index in [4.69, 9.17) is 26.4 Å². The van der Waals surface area contributed by atoms with E-state index in [1.165, 1.54) is 0 Å². The van der Waals surface area contributed by atoms with Gasteiger partial charge < -0.3 is 26.4 Å². The molecule has 0 radical (unpaired) electrons. The molecule has 0 aliphatic heterocycles. The number of carboxylic acid groups (broad SMARTS) is 1. The summed E-state index contributed by atoms with van der Waals surface area (Å²) in [5.41, 5.74) is 8.95. The van der Waals surface area contributed by atoms with Crippen LogP contribution in [0.2, 0.25) is 0 Å². The summed E-state index contributed by atoms with van der Waals surface area (Å²) in [6.45, 7) is 0.239. The van der Waals surface area contributed by atoms with Crippen LogP contribution in [0.1, 0.15) is 12.8 Å². The number of nitrogens with two attached hydrogens (primary N) is 2. The normalized spacial score (nSPS) is 16.3. The zero-order chi connectivity index (χ0) is 11.4. The zero-order valence-electron chi connectivity index (χ0n) is 7.54. The van der Waals surface area contributed by atoms with E-state index in [-0.39, 0.29) is 13.0 Å². The largest absolute Gasteiger partial charge is 0.480 e. The van der Waals surface area contributed by atoms with Crippen LogP contribution in [0.15, 0.2) is 0 Å². The van der Waals surface area contributed by atoms with Crippen molar-refractivity contribution in [3.63, 3.8) is 0 Å². The van der Waals surface area contributed by atoms with Crippen molar-refractivity contribution in [3.8, 4) is 0 Å². The van der Waals surface area contributed by atoms with E-state index < -0.39 is 25.3 Å². The molecule has 0 aromatic rings. The SMILES string of the molecule is NCCCC([C@H](N)C(=O)O)P(=O)(O)O. The number of carbonyl (C=O) groups is 1. The van der Waals surface area contributed by atoms with Crippen LogP contribution in [0, 0.1) is 0 Å². The first-order chi connectivity index (χ1) is 6.30. The minimum absolute atomic E-state index is 0.00818. The van der Waals surface area contributed by atoms with Crippen molar-refractivity contribution in [1.82, 2.24) is 0 Å². The van der Waals surface area contributed by atoms with E-state index in [1.54, 1.807) is 0 Å². The smallest absolute Gasteiger partial charge is 0.330 e. The van der Waals surface area contributed by atoms with Gasteiger partial charge in [0, 0.05) is 0 Å². The number of hydrogen-bond donors (Lipinski definition) is 5. The Morgan fingerprint density at radius 3 is 2.21 bits per heavy atom. The van der Waals surface area contributed by atoms with Gasteiger partial charge in [-0.2, -0.15) is 0 Å². The Labute approximate surface area is 81.3 Å². The molecule has 0 saturated carbocycles. The molecule has 0 fully saturated rings. The molecule has 14 heavy (non-hydrogen) atoms. The summed E-state index contributed by atoms with van der Waals surface area (Å²) in [6.07, 6.45) is 0.338. The molecule has 0 amide bonds. The summed E-state index contributed by atoms with van der Waals surface area (Å²) >= 11 is 0. The van der Waals surface area contributed by atoms with Crippen LogP contribution in [0.5, 0.6) is 0 Å². The maximum Gasteiger partial charge on any atom is 0.330 e. The summed E-state index contributed by atoms with van der Waals surface area (Å²) in [5, 5.41) is 8.52. The van der Waals surface area contributed by atoms with Crippen molar-refractivity contribution < 1.29 is 24.3 Å². The molecule has 7 N–H and O–H groups in total. The van der Waals surface area contributed by atoms with Crippen molar-refractivity contribution in [2.75, 3.05) is 6.54 Å². The first kappa shape index (κ1) is 13.5. The maximum atomic E-state index is 10.9. The quantitative estimate of drug-likeness (QED) is 0.353. The minimum Gasteiger partial charge on any atom is -0.480 e. The Balaban J connectivity index is 4.56. The van der Waals surface area contributed by atoms with Crippen molar-refractivity contribution in [2.45, 2.75) is 24.5 Å². The fraction of sp³-hybridized carbons (Fsp3) is 0.833. The lowest BCUT2D eigenvalue weighted by Gasteiger charge is -2.21. The first-order valence-electron chi connectivity index (χ1n) is 4.04. The van der Waals surface area contributed by atoms with Gasteiger partial charge in [0.05, 0.1) is 5.66 Å². The third kappa shape index (κ3) is 4.17. The summed E-state index contributed by atoms with van der Waals surface area (Å²) < 4.78 is 10.9. The van der Waals surface area contributed by atoms with Crippen LogP contribution in [0.25, 0.3) is 0 Å². The molecular weight excluding hydrogens is 211 g/mol. The predicted octanol–water partition coefficient (Wildman–Crippen LogP) is -1.32. The standard InChI is InChI=1S/C6H15N2O5P/c7-3-1-2-4(14(11,12)13)5(8)6(9)10/h4-5H,1-3,7-8H2,(H,9,10)(H2,11,12,13)/t4?,5-/m0/s1. The van der Waals surface area contributed by atoms with Crippen LogP contribution < -0.4 is 11.5 Å². The molecular formula is C6H15N2O5P. The minimum atomic E-state index is -4.48. The van der Waals surface area contributed by atoms with Crippen LogP contribution in [0.3, 0.4) is 0 Å². The van der Waals surface area contributed by atoms with Crippen LogP contribution in [-0.2, 0) is 9.36 Å². The fourth-order valence-corrected chi connectivity index (χ4v) is 2.11. The fourth-order valence-electron chi connectivity index (χ4n) is 1.05. The van der Waals surface area contributed by atoms with Gasteiger partial charge in [0.25, 0.3) is 0 Å². The molecule has 0 aromatic heterocycles. The number of aliphatic carboxylic acids is 1. The molecule has 1 unspecified atom stereocenters. The highest BCUT2D eigenvalue weighted by Gasteiger charge is 2.37. The van der Waals surface area contributed by atoms with Crippen molar-refractivity contribution in [2.24, 2.45) is 11.5 Å². The van der Waals surface area contributed by atoms with E-state index in [0.29, 0.717) is 6.42 Å². The van der Waals surface area contributed by atoms with E-state index in [0.717, 1.165) is 0 Å². The van der Waals surface area contributed by atoms with Crippen LogP contribution in [-0.4, -0.2) is 39.1 Å². The summed E-state index contributed by atoms with van der Waals surface area (Å²) in [5.74, 6) is -1.42. The van der Waals surface area contributed by atoms with E-state index >= 15 is 0 Å². The molecule has 0 aliphatic rings. The van der Waals surface area contributed by atoms with Gasteiger partial charge in [-0.1, -0.05) is 0 Å². The number of hydrogen-bond acceptors (Lipinski definition) is 4. The Morgan fingerprint density at radius 2 is 1.93 bits per heavy atom. The molecule has 0 spiro atoms. The highest BCUT2D eigenvalue weighted by molar-refractivity contribution is 7.52. The van der Waals surface area contributed by atoms with Crippen molar-refractivity contribution in [1.29, 1.82) is 0 Å². The van der Waals surface area contributed by atoms with Gasteiger partial charge in [-0.3, -0.25) is 9.36 Å². The second kappa shape index (κ2) is 5.43. The van der Waals surface area contributed by atoms with Crippen LogP contribution >= 0.6 is 7.60 Å². The molecule has 84 valence electrons. The first-order valence-corrected chi connectivity index (χ1v) is 5.72. The molecule has 2 atom stereocenters. The van der Waals surface area contributed by atoms with Gasteiger partial charge in [0.15, 0.2) is 0 Å². The molecule has 8 heteroatoms. The maximum absolute atomic E-state index is 10.9. The number of rotatable bonds is 6. The van der Waals surface area contributed by atoms with Gasteiger partial charge in [0.1, 0.15) is 6.04 Å². The monoisotopic (exact) mass is 226 g/mol. The average Bonchev–Trinajstić information content (AvgIpc) is 2.02. The van der Waals surface area contributed by atoms with Gasteiger partial charge in [0.2, 0.25) is 0 Å². The van der Waals surface area contributed by atoms with E-state index in [1.807, 2.05) is 0 Å². The second-order valence-electron chi connectivity index (χ2n) is 2.95. The van der Waals surface area contributed by atoms with Gasteiger partial charge in [-0.05, 0) is 19.4 Å². The molecule has 0 heterocycles. The molecule has 7 nitrogen and oxygen atoms in total. The lowest BCUT2D eigenvalue weighted by Crippen LogP contribution is -2.41. The van der Waals surface area contributed by atoms with Crippen molar-refractivity contribution in [3.05, 3.63) is 0 Å². The van der Waals surface area contributed by atoms with E-state index in [9.17, 15) is 9.36 Å². The third-order valence-corrected chi connectivity index (χ3v) is 3.28. The Kier molecular flexibility index (Phi) is 5.25. The summed E-state index contributed by atoms with van der Waals surface area (Å²) in [6, 6.07) is -1.55. The second-order valence-corrected chi connectivity index (χ2v) is 4.79. The molecule has 0 bridgehead atoms. The molecule has 0 rings (SSSR count). The number of carboxylic acids is 1. The lowest BCUT2D eigenvalue weighted by molar-refractivity contribution is -0.138. The van der Waals surface area contributed by atoms with Gasteiger partial charge >= 0.3 is 13.6 Å². The Hall–Kier alpha value is -0.460. The topological polar surface area (TPSA) is 147 Å². The van der Waals surface area contributed by atoms with Crippen molar-refractivity contribution >= 4 is 13.6 Å². The van der Waals surface area contributed by atoms with Gasteiger partial charge in [-0.25, -0.2) is 0 Å². The highest BCUT2D eigenvalue weighted by atomic mass is 31.2. The van der Waals surface area contributed by atoms with Gasteiger partial charge in [-0.15, -0.1) is 0 Å². The molecule has 0 aromatic carbocycles. The zero-order valence-corrected chi connectivity index (χ0v) is 8.43. The highest BCUT2D eigenvalue weighted by Crippen LogP contribution is 2.44. The Bertz CT molecular complexity index is 240. The van der Waals surface area contributed by atoms with E-state index in [2.05, 4.69) is 0 Å². The summed E-state index contributed by atoms with van der Waals surface area (Å²) in [7, 11) is -4.48. The molecule has 0 saturated heterocycles. The summed E-state index contributed by atoms with van der Waals surface area (Å²) in [4.78, 5) is 28.2. The third-order valence-electron chi connectivity index (χ3n) is 1.84. The predicted molar refractivity (Wildman–Crippen MR) is 49.7 cm³/mol. The molecule has 0 aliphatic carbocycles. The van der Waals surface area contributed by atoms with Crippen LogP contribution in [0.4, 0.5) is 0 Å². The Morgan fingerprint density at radius 1 is 1.43 bits per heavy atom. The lowest BCUT2D eigenvalue weighted by atomic mass is 10.1. The average molecular weight is 226 g/mol.